The van der Waals surface area contributed by atoms with Crippen LogP contribution in [0.15, 0.2) is 24.3 Å². The Bertz CT molecular complexity index is 939. The minimum atomic E-state index is -0.560. The van der Waals surface area contributed by atoms with Crippen molar-refractivity contribution in [2.45, 2.75) is 39.0 Å². The summed E-state index contributed by atoms with van der Waals surface area (Å²) in [6, 6.07) is 6.68. The van der Waals surface area contributed by atoms with Gasteiger partial charge in [-0.25, -0.2) is 4.79 Å². The van der Waals surface area contributed by atoms with Gasteiger partial charge in [0.05, 0.1) is 35.3 Å². The number of hydrogen-bond donors (Lipinski definition) is 1. The van der Waals surface area contributed by atoms with Gasteiger partial charge in [0.15, 0.2) is 0 Å². The zero-order valence-electron chi connectivity index (χ0n) is 16.2. The van der Waals surface area contributed by atoms with Gasteiger partial charge >= 0.3 is 11.9 Å². The Hall–Kier alpha value is -2.38. The molecule has 8 heteroatoms. The summed E-state index contributed by atoms with van der Waals surface area (Å²) in [7, 11) is 0. The van der Waals surface area contributed by atoms with Gasteiger partial charge < -0.3 is 14.8 Å². The van der Waals surface area contributed by atoms with Crippen LogP contribution >= 0.6 is 22.9 Å². The monoisotopic (exact) mass is 435 g/mol. The van der Waals surface area contributed by atoms with Crippen LogP contribution in [0.25, 0.3) is 0 Å². The number of fused-ring (bicyclic) bond motifs is 1. The van der Waals surface area contributed by atoms with E-state index in [4.69, 9.17) is 21.1 Å². The van der Waals surface area contributed by atoms with E-state index in [-0.39, 0.29) is 24.7 Å². The van der Waals surface area contributed by atoms with Crippen LogP contribution in [-0.4, -0.2) is 31.1 Å². The van der Waals surface area contributed by atoms with Crippen LogP contribution in [0.5, 0.6) is 0 Å². The molecule has 0 radical (unpaired) electrons. The Balaban J connectivity index is 2.03. The highest BCUT2D eigenvalue weighted by atomic mass is 35.5. The average molecular weight is 436 g/mol. The molecule has 1 heterocycles. The predicted molar refractivity (Wildman–Crippen MR) is 112 cm³/mol. The summed E-state index contributed by atoms with van der Waals surface area (Å²) in [6.45, 7) is 3.91. The number of anilines is 1. The third kappa shape index (κ3) is 4.46. The Morgan fingerprint density at radius 1 is 1.17 bits per heavy atom. The second-order valence-electron chi connectivity index (χ2n) is 6.49. The summed E-state index contributed by atoms with van der Waals surface area (Å²) in [6.07, 6.45) is 2.12. The molecule has 6 nitrogen and oxygen atoms in total. The Labute approximate surface area is 178 Å². The Morgan fingerprint density at radius 3 is 2.59 bits per heavy atom. The fraction of sp³-hybridized carbons (Fsp3) is 0.381. The molecule has 0 aliphatic heterocycles. The highest BCUT2D eigenvalue weighted by Crippen LogP contribution is 2.44. The number of benzene rings is 1. The first-order valence-electron chi connectivity index (χ1n) is 9.53. The standard InChI is InChI=1S/C21H22ClNO5S/c1-3-27-20(25)13-9-7-11-15-16(13)17(21(26)28-4-2)19(29-15)23-18(24)12-8-5-6-10-14(12)22/h5-6,8,10,13H,3-4,7,9,11H2,1-2H3,(H,23,24). The third-order valence-corrected chi connectivity index (χ3v) is 6.17. The summed E-state index contributed by atoms with van der Waals surface area (Å²) in [4.78, 5) is 38.9. The number of hydrogen-bond acceptors (Lipinski definition) is 6. The molecule has 1 aromatic heterocycles. The van der Waals surface area contributed by atoms with Crippen molar-refractivity contribution in [3.63, 3.8) is 0 Å². The first-order valence-corrected chi connectivity index (χ1v) is 10.7. The van der Waals surface area contributed by atoms with Gasteiger partial charge in [0, 0.05) is 4.88 Å². The van der Waals surface area contributed by atoms with E-state index in [9.17, 15) is 14.4 Å². The highest BCUT2D eigenvalue weighted by Gasteiger charge is 2.37. The van der Waals surface area contributed by atoms with Gasteiger partial charge in [-0.15, -0.1) is 11.3 Å². The summed E-state index contributed by atoms with van der Waals surface area (Å²) in [5, 5.41) is 3.48. The van der Waals surface area contributed by atoms with Gasteiger partial charge in [-0.05, 0) is 50.8 Å². The molecule has 1 amide bonds. The number of amides is 1. The molecule has 0 fully saturated rings. The van der Waals surface area contributed by atoms with E-state index in [1.54, 1.807) is 38.1 Å². The SMILES string of the molecule is CCOC(=O)c1c(NC(=O)c2ccccc2Cl)sc2c1C(C(=O)OCC)CCC2. The van der Waals surface area contributed by atoms with Gasteiger partial charge in [0.25, 0.3) is 5.91 Å². The third-order valence-electron chi connectivity index (χ3n) is 4.66. The zero-order valence-corrected chi connectivity index (χ0v) is 17.8. The van der Waals surface area contributed by atoms with E-state index in [1.807, 2.05) is 0 Å². The van der Waals surface area contributed by atoms with Crippen molar-refractivity contribution in [1.29, 1.82) is 0 Å². The second-order valence-corrected chi connectivity index (χ2v) is 8.01. The first-order chi connectivity index (χ1) is 14.0. The second kappa shape index (κ2) is 9.41. The fourth-order valence-electron chi connectivity index (χ4n) is 3.44. The van der Waals surface area contributed by atoms with E-state index < -0.39 is 17.8 Å². The molecule has 1 N–H and O–H groups in total. The van der Waals surface area contributed by atoms with Crippen LogP contribution in [0.2, 0.25) is 5.02 Å². The number of carbonyl (C=O) groups excluding carboxylic acids is 3. The lowest BCUT2D eigenvalue weighted by molar-refractivity contribution is -0.145. The van der Waals surface area contributed by atoms with Crippen molar-refractivity contribution in [3.05, 3.63) is 50.9 Å². The van der Waals surface area contributed by atoms with Crippen molar-refractivity contribution in [1.82, 2.24) is 0 Å². The normalized spacial score (nSPS) is 15.3. The lowest BCUT2D eigenvalue weighted by Gasteiger charge is -2.22. The smallest absolute Gasteiger partial charge is 0.341 e. The van der Waals surface area contributed by atoms with Gasteiger partial charge in [-0.2, -0.15) is 0 Å². The van der Waals surface area contributed by atoms with Gasteiger partial charge in [0.1, 0.15) is 5.00 Å². The molecule has 154 valence electrons. The van der Waals surface area contributed by atoms with Crippen molar-refractivity contribution >= 4 is 45.8 Å². The number of thiophene rings is 1. The molecule has 1 unspecified atom stereocenters. The van der Waals surface area contributed by atoms with Crippen LogP contribution in [0.4, 0.5) is 5.00 Å². The van der Waals surface area contributed by atoms with Crippen molar-refractivity contribution in [3.8, 4) is 0 Å². The number of carbonyl (C=O) groups is 3. The van der Waals surface area contributed by atoms with Crippen LogP contribution in [0, 0.1) is 0 Å². The minimum absolute atomic E-state index is 0.186. The number of aryl methyl sites for hydroxylation is 1. The highest BCUT2D eigenvalue weighted by molar-refractivity contribution is 7.17. The number of esters is 2. The van der Waals surface area contributed by atoms with E-state index in [1.165, 1.54) is 11.3 Å². The van der Waals surface area contributed by atoms with E-state index in [2.05, 4.69) is 5.32 Å². The maximum atomic E-state index is 12.8. The van der Waals surface area contributed by atoms with Crippen LogP contribution < -0.4 is 5.32 Å². The van der Waals surface area contributed by atoms with E-state index in [0.29, 0.717) is 27.6 Å². The molecular weight excluding hydrogens is 414 g/mol. The van der Waals surface area contributed by atoms with Crippen LogP contribution in [-0.2, 0) is 20.7 Å². The molecule has 1 aliphatic rings. The molecule has 0 spiro atoms. The molecule has 29 heavy (non-hydrogen) atoms. The average Bonchev–Trinajstić information content (AvgIpc) is 3.06. The Kier molecular flexibility index (Phi) is 6.92. The maximum Gasteiger partial charge on any atom is 0.341 e. The predicted octanol–water partition coefficient (Wildman–Crippen LogP) is 4.81. The van der Waals surface area contributed by atoms with Crippen molar-refractivity contribution in [2.24, 2.45) is 0 Å². The number of halogens is 1. The fourth-order valence-corrected chi connectivity index (χ4v) is 4.95. The summed E-state index contributed by atoms with van der Waals surface area (Å²) in [5.41, 5.74) is 1.16. The van der Waals surface area contributed by atoms with E-state index >= 15 is 0 Å². The minimum Gasteiger partial charge on any atom is -0.466 e. The molecule has 0 saturated carbocycles. The molecule has 1 aliphatic carbocycles. The molecule has 0 bridgehead atoms. The molecular formula is C21H22ClNO5S. The number of ether oxygens (including phenoxy) is 2. The summed E-state index contributed by atoms with van der Waals surface area (Å²) in [5.74, 6) is -1.89. The lowest BCUT2D eigenvalue weighted by Crippen LogP contribution is -2.23. The number of nitrogens with one attached hydrogen (secondary N) is 1. The first kappa shape index (κ1) is 21.3. The lowest BCUT2D eigenvalue weighted by atomic mass is 9.85. The molecule has 1 atom stereocenters. The topological polar surface area (TPSA) is 81.7 Å². The van der Waals surface area contributed by atoms with E-state index in [0.717, 1.165) is 17.7 Å². The summed E-state index contributed by atoms with van der Waals surface area (Å²) < 4.78 is 10.4. The van der Waals surface area contributed by atoms with Crippen LogP contribution in [0.1, 0.15) is 63.8 Å². The molecule has 1 aromatic carbocycles. The van der Waals surface area contributed by atoms with Gasteiger partial charge in [-0.3, -0.25) is 9.59 Å². The Morgan fingerprint density at radius 2 is 1.90 bits per heavy atom. The molecule has 3 rings (SSSR count). The zero-order chi connectivity index (χ0) is 21.0. The molecule has 2 aromatic rings. The van der Waals surface area contributed by atoms with Gasteiger partial charge in [0.2, 0.25) is 0 Å². The maximum absolute atomic E-state index is 12.8. The van der Waals surface area contributed by atoms with Crippen LogP contribution in [0.3, 0.4) is 0 Å². The molecule has 0 saturated heterocycles. The summed E-state index contributed by atoms with van der Waals surface area (Å²) >= 11 is 7.43. The van der Waals surface area contributed by atoms with Crippen molar-refractivity contribution in [2.75, 3.05) is 18.5 Å². The number of rotatable bonds is 6. The van der Waals surface area contributed by atoms with Crippen molar-refractivity contribution < 1.29 is 23.9 Å². The quantitative estimate of drug-likeness (QED) is 0.658. The largest absolute Gasteiger partial charge is 0.466 e. The van der Waals surface area contributed by atoms with Gasteiger partial charge in [-0.1, -0.05) is 23.7 Å².